The summed E-state index contributed by atoms with van der Waals surface area (Å²) in [6.07, 6.45) is -2.19. The minimum absolute atomic E-state index is 0.0699. The van der Waals surface area contributed by atoms with E-state index < -0.39 is 36.2 Å². The number of rotatable bonds is 1. The van der Waals surface area contributed by atoms with Gasteiger partial charge >= 0.3 is 5.97 Å². The van der Waals surface area contributed by atoms with E-state index in [-0.39, 0.29) is 29.7 Å². The Morgan fingerprint density at radius 2 is 1.93 bits per heavy atom. The Hall–Kier alpha value is -2.42. The molecule has 2 unspecified atom stereocenters. The number of esters is 1. The average molecular weight is 382 g/mol. The summed E-state index contributed by atoms with van der Waals surface area (Å²) in [7, 11) is 1.40. The van der Waals surface area contributed by atoms with E-state index in [2.05, 4.69) is 0 Å². The van der Waals surface area contributed by atoms with Crippen molar-refractivity contribution >= 4 is 12.0 Å². The Morgan fingerprint density at radius 1 is 1.22 bits per heavy atom. The van der Waals surface area contributed by atoms with Crippen LogP contribution in [0.1, 0.15) is 35.7 Å². The molecule has 1 aromatic carbocycles. The minimum atomic E-state index is -1.89. The van der Waals surface area contributed by atoms with Gasteiger partial charge in [-0.2, -0.15) is 0 Å². The van der Waals surface area contributed by atoms with Crippen LogP contribution in [0.25, 0.3) is 6.08 Å². The number of benzene rings is 1. The van der Waals surface area contributed by atoms with Gasteiger partial charge in [-0.25, -0.2) is 9.18 Å². The summed E-state index contributed by atoms with van der Waals surface area (Å²) >= 11 is 0. The highest BCUT2D eigenvalue weighted by Gasteiger charge is 2.28. The van der Waals surface area contributed by atoms with Crippen molar-refractivity contribution in [3.05, 3.63) is 41.2 Å². The van der Waals surface area contributed by atoms with Crippen molar-refractivity contribution in [1.29, 1.82) is 0 Å². The molecule has 0 amide bonds. The number of aromatic hydroxyl groups is 1. The van der Waals surface area contributed by atoms with Crippen LogP contribution in [0.2, 0.25) is 0 Å². The van der Waals surface area contributed by atoms with Gasteiger partial charge in [0, 0.05) is 12.5 Å². The predicted molar refractivity (Wildman–Crippen MR) is 95.0 cm³/mol. The van der Waals surface area contributed by atoms with Gasteiger partial charge in [-0.1, -0.05) is 12.2 Å². The van der Waals surface area contributed by atoms with Crippen molar-refractivity contribution in [1.82, 2.24) is 0 Å². The second-order valence-corrected chi connectivity index (χ2v) is 6.29. The smallest absolute Gasteiger partial charge is 0.342 e. The van der Waals surface area contributed by atoms with Crippen LogP contribution in [0.5, 0.6) is 11.5 Å². The van der Waals surface area contributed by atoms with Gasteiger partial charge in [0.2, 0.25) is 0 Å². The van der Waals surface area contributed by atoms with E-state index >= 15 is 0 Å². The lowest BCUT2D eigenvalue weighted by molar-refractivity contribution is -0.0503. The van der Waals surface area contributed by atoms with E-state index in [1.165, 1.54) is 38.3 Å². The number of methoxy groups -OCH3 is 1. The Kier molecular flexibility index (Phi) is 6.95. The summed E-state index contributed by atoms with van der Waals surface area (Å²) in [5.74, 6) is -1.89. The number of ether oxygens (including phenoxy) is 2. The molecule has 7 nitrogen and oxygen atoms in total. The summed E-state index contributed by atoms with van der Waals surface area (Å²) in [5, 5.41) is 39.8. The van der Waals surface area contributed by atoms with Crippen LogP contribution in [0.4, 0.5) is 4.39 Å². The molecule has 0 radical (unpaired) electrons. The molecule has 0 fully saturated rings. The Bertz CT molecular complexity index is 744. The van der Waals surface area contributed by atoms with Gasteiger partial charge in [-0.15, -0.1) is 0 Å². The van der Waals surface area contributed by atoms with Crippen LogP contribution in [0.15, 0.2) is 30.1 Å². The number of halogens is 1. The molecule has 0 bridgehead atoms. The number of fused-ring (bicyclic) bond motifs is 1. The third-order valence-corrected chi connectivity index (χ3v) is 4.19. The molecule has 1 aliphatic rings. The maximum Gasteiger partial charge on any atom is 0.342 e. The molecule has 0 saturated heterocycles. The monoisotopic (exact) mass is 382 g/mol. The fourth-order valence-corrected chi connectivity index (χ4v) is 2.63. The van der Waals surface area contributed by atoms with Crippen LogP contribution < -0.4 is 4.74 Å². The topological polar surface area (TPSA) is 116 Å². The number of aliphatic hydroxyl groups excluding tert-OH is 3. The van der Waals surface area contributed by atoms with Gasteiger partial charge in [0.1, 0.15) is 41.2 Å². The second kappa shape index (κ2) is 8.98. The number of hydrogen-bond donors (Lipinski definition) is 4. The lowest BCUT2D eigenvalue weighted by Crippen LogP contribution is -2.37. The molecule has 4 atom stereocenters. The lowest BCUT2D eigenvalue weighted by Gasteiger charge is -2.22. The normalized spacial score (nSPS) is 30.3. The van der Waals surface area contributed by atoms with E-state index in [0.717, 1.165) is 6.08 Å². The summed E-state index contributed by atoms with van der Waals surface area (Å²) in [6, 6.07) is 2.76. The quantitative estimate of drug-likeness (QED) is 0.546. The number of aliphatic hydroxyl groups is 3. The number of phenols is 1. The SMILES string of the molecule is COc1cc(O)c2c(c1)/C=C/C[C@H](O)[C@H](O)C(O)/C(F)=C\CC(C)OC2=O. The molecule has 0 saturated carbocycles. The molecule has 148 valence electrons. The molecule has 2 rings (SSSR count). The van der Waals surface area contributed by atoms with Crippen molar-refractivity contribution in [3.8, 4) is 11.5 Å². The molecule has 1 aliphatic heterocycles. The van der Waals surface area contributed by atoms with Gasteiger partial charge in [0.15, 0.2) is 0 Å². The summed E-state index contributed by atoms with van der Waals surface area (Å²) < 4.78 is 24.3. The molecule has 1 heterocycles. The number of phenolic OH excluding ortho intramolecular Hbond substituents is 1. The van der Waals surface area contributed by atoms with E-state index in [4.69, 9.17) is 9.47 Å². The van der Waals surface area contributed by atoms with Gasteiger partial charge in [-0.3, -0.25) is 0 Å². The van der Waals surface area contributed by atoms with Crippen LogP contribution in [-0.2, 0) is 4.74 Å². The molecule has 0 spiro atoms. The lowest BCUT2D eigenvalue weighted by atomic mass is 10.0. The predicted octanol–water partition coefficient (Wildman–Crippen LogP) is 1.69. The van der Waals surface area contributed by atoms with E-state index in [1.54, 1.807) is 0 Å². The van der Waals surface area contributed by atoms with Crippen molar-refractivity contribution in [3.63, 3.8) is 0 Å². The van der Waals surface area contributed by atoms with Crippen LogP contribution in [-0.4, -0.2) is 57.9 Å². The molecule has 1 aromatic rings. The highest BCUT2D eigenvalue weighted by Crippen LogP contribution is 2.30. The molecule has 4 N–H and O–H groups in total. The Labute approximate surface area is 156 Å². The fourth-order valence-electron chi connectivity index (χ4n) is 2.63. The third kappa shape index (κ3) is 5.06. The van der Waals surface area contributed by atoms with Crippen molar-refractivity contribution < 1.29 is 39.1 Å². The van der Waals surface area contributed by atoms with Crippen molar-refractivity contribution in [2.75, 3.05) is 7.11 Å². The number of cyclic esters (lactones) is 1. The van der Waals surface area contributed by atoms with E-state index in [1.807, 2.05) is 0 Å². The van der Waals surface area contributed by atoms with Gasteiger partial charge in [-0.05, 0) is 31.1 Å². The Balaban J connectivity index is 2.47. The van der Waals surface area contributed by atoms with Crippen molar-refractivity contribution in [2.45, 2.75) is 44.2 Å². The zero-order chi connectivity index (χ0) is 20.1. The largest absolute Gasteiger partial charge is 0.507 e. The first-order chi connectivity index (χ1) is 12.7. The first-order valence-electron chi connectivity index (χ1n) is 8.42. The van der Waals surface area contributed by atoms with E-state index in [9.17, 15) is 29.6 Å². The minimum Gasteiger partial charge on any atom is -0.507 e. The number of carbonyl (C=O) groups is 1. The first kappa shape index (κ1) is 20.9. The second-order valence-electron chi connectivity index (χ2n) is 6.29. The van der Waals surface area contributed by atoms with Crippen molar-refractivity contribution in [2.24, 2.45) is 0 Å². The number of hydrogen-bond acceptors (Lipinski definition) is 7. The third-order valence-electron chi connectivity index (χ3n) is 4.19. The molecular weight excluding hydrogens is 359 g/mol. The Morgan fingerprint density at radius 3 is 2.59 bits per heavy atom. The summed E-state index contributed by atoms with van der Waals surface area (Å²) in [4.78, 5) is 12.5. The van der Waals surface area contributed by atoms with Crippen LogP contribution >= 0.6 is 0 Å². The van der Waals surface area contributed by atoms with E-state index in [0.29, 0.717) is 5.75 Å². The van der Waals surface area contributed by atoms with Crippen LogP contribution in [0, 0.1) is 0 Å². The zero-order valence-corrected chi connectivity index (χ0v) is 15.0. The molecular formula is C19H23FO7. The molecule has 0 aliphatic carbocycles. The van der Waals surface area contributed by atoms with Crippen LogP contribution in [0.3, 0.4) is 0 Å². The molecule has 8 heteroatoms. The molecule has 27 heavy (non-hydrogen) atoms. The van der Waals surface area contributed by atoms with Gasteiger partial charge in [0.05, 0.1) is 13.2 Å². The van der Waals surface area contributed by atoms with Gasteiger partial charge < -0.3 is 29.9 Å². The van der Waals surface area contributed by atoms with Gasteiger partial charge in [0.25, 0.3) is 0 Å². The highest BCUT2D eigenvalue weighted by molar-refractivity contribution is 5.97. The standard InChI is InChI=1S/C19H23FO7/c1-10-6-7-13(20)17(23)18(24)14(21)5-3-4-11-8-12(26-2)9-15(22)16(11)19(25)27-10/h3-4,7-10,14,17-18,21-24H,5-6H2,1-2H3/b4-3+,13-7+/t10?,14-,17?,18-/m0/s1. The zero-order valence-electron chi connectivity index (χ0n) is 15.0. The molecule has 0 aromatic heterocycles. The summed E-state index contributed by atoms with van der Waals surface area (Å²) in [6.45, 7) is 1.52. The average Bonchev–Trinajstić information content (AvgIpc) is 2.63. The maximum atomic E-state index is 14.0. The summed E-state index contributed by atoms with van der Waals surface area (Å²) in [5.41, 5.74) is 0.181. The number of carbonyl (C=O) groups excluding carboxylic acids is 1. The fraction of sp³-hybridized carbons (Fsp3) is 0.421. The maximum absolute atomic E-state index is 14.0. The first-order valence-corrected chi connectivity index (χ1v) is 8.42. The highest BCUT2D eigenvalue weighted by atomic mass is 19.1.